The SMILES string of the molecule is COC(=O)[C@@H](Cc1ccccc1C#N)NC(=O)CC(C)C. The molecule has 0 saturated heterocycles. The van der Waals surface area contributed by atoms with Crippen molar-refractivity contribution in [3.8, 4) is 6.07 Å². The smallest absolute Gasteiger partial charge is 0.328 e. The largest absolute Gasteiger partial charge is 0.467 e. The van der Waals surface area contributed by atoms with Crippen LogP contribution < -0.4 is 5.32 Å². The number of rotatable bonds is 6. The fourth-order valence-corrected chi connectivity index (χ4v) is 1.99. The Labute approximate surface area is 124 Å². The lowest BCUT2D eigenvalue weighted by atomic mass is 10.0. The highest BCUT2D eigenvalue weighted by atomic mass is 16.5. The van der Waals surface area contributed by atoms with Gasteiger partial charge in [0.15, 0.2) is 0 Å². The van der Waals surface area contributed by atoms with E-state index in [-0.39, 0.29) is 18.2 Å². The second-order valence-electron chi connectivity index (χ2n) is 5.21. The number of carbonyl (C=O) groups excluding carboxylic acids is 2. The summed E-state index contributed by atoms with van der Waals surface area (Å²) in [6.45, 7) is 3.86. The number of hydrogen-bond acceptors (Lipinski definition) is 4. The summed E-state index contributed by atoms with van der Waals surface area (Å²) in [5, 5.41) is 11.8. The van der Waals surface area contributed by atoms with Gasteiger partial charge in [-0.1, -0.05) is 32.0 Å². The van der Waals surface area contributed by atoms with Crippen molar-refractivity contribution in [2.45, 2.75) is 32.7 Å². The molecule has 0 spiro atoms. The average molecular weight is 288 g/mol. The van der Waals surface area contributed by atoms with Crippen molar-refractivity contribution >= 4 is 11.9 Å². The normalized spacial score (nSPS) is 11.6. The van der Waals surface area contributed by atoms with Gasteiger partial charge < -0.3 is 10.1 Å². The fraction of sp³-hybridized carbons (Fsp3) is 0.438. The van der Waals surface area contributed by atoms with Gasteiger partial charge in [-0.25, -0.2) is 4.79 Å². The molecule has 1 aromatic carbocycles. The number of hydrogen-bond donors (Lipinski definition) is 1. The van der Waals surface area contributed by atoms with E-state index in [4.69, 9.17) is 10.00 Å². The Hall–Kier alpha value is -2.35. The standard InChI is InChI=1S/C16H20N2O3/c1-11(2)8-15(19)18-14(16(20)21-3)9-12-6-4-5-7-13(12)10-17/h4-7,11,14H,8-9H2,1-3H3,(H,18,19)/t14-/m1/s1. The van der Waals surface area contributed by atoms with E-state index in [1.807, 2.05) is 13.8 Å². The van der Waals surface area contributed by atoms with E-state index in [1.165, 1.54) is 7.11 Å². The second kappa shape index (κ2) is 8.05. The highest BCUT2D eigenvalue weighted by Gasteiger charge is 2.23. The predicted molar refractivity (Wildman–Crippen MR) is 78.3 cm³/mol. The topological polar surface area (TPSA) is 79.2 Å². The zero-order valence-corrected chi connectivity index (χ0v) is 12.6. The van der Waals surface area contributed by atoms with E-state index >= 15 is 0 Å². The van der Waals surface area contributed by atoms with Gasteiger partial charge in [-0.15, -0.1) is 0 Å². The summed E-state index contributed by atoms with van der Waals surface area (Å²) in [5.74, 6) is -0.510. The maximum atomic E-state index is 11.8. The number of benzene rings is 1. The zero-order valence-electron chi connectivity index (χ0n) is 12.6. The van der Waals surface area contributed by atoms with Crippen LogP contribution in [0.2, 0.25) is 0 Å². The molecule has 5 nitrogen and oxygen atoms in total. The van der Waals surface area contributed by atoms with Gasteiger partial charge in [0.2, 0.25) is 5.91 Å². The molecule has 0 fully saturated rings. The van der Waals surface area contributed by atoms with E-state index < -0.39 is 12.0 Å². The predicted octanol–water partition coefficient (Wildman–Crippen LogP) is 1.80. The maximum Gasteiger partial charge on any atom is 0.328 e. The van der Waals surface area contributed by atoms with Gasteiger partial charge in [-0.05, 0) is 17.5 Å². The molecule has 0 unspecified atom stereocenters. The average Bonchev–Trinajstić information content (AvgIpc) is 2.45. The van der Waals surface area contributed by atoms with Crippen LogP contribution in [0.3, 0.4) is 0 Å². The van der Waals surface area contributed by atoms with E-state index in [0.29, 0.717) is 17.5 Å². The molecule has 0 aliphatic rings. The molecule has 1 rings (SSSR count). The van der Waals surface area contributed by atoms with Crippen LogP contribution in [0.25, 0.3) is 0 Å². The van der Waals surface area contributed by atoms with Crippen LogP contribution in [0.5, 0.6) is 0 Å². The first-order valence-corrected chi connectivity index (χ1v) is 6.83. The van der Waals surface area contributed by atoms with Crippen LogP contribution in [0.15, 0.2) is 24.3 Å². The minimum Gasteiger partial charge on any atom is -0.467 e. The van der Waals surface area contributed by atoms with Crippen molar-refractivity contribution in [3.05, 3.63) is 35.4 Å². The lowest BCUT2D eigenvalue weighted by molar-refractivity contribution is -0.145. The fourth-order valence-electron chi connectivity index (χ4n) is 1.99. The Morgan fingerprint density at radius 2 is 2.00 bits per heavy atom. The summed E-state index contributed by atoms with van der Waals surface area (Å²) >= 11 is 0. The lowest BCUT2D eigenvalue weighted by Crippen LogP contribution is -2.43. The van der Waals surface area contributed by atoms with Gasteiger partial charge in [0.1, 0.15) is 6.04 Å². The van der Waals surface area contributed by atoms with E-state index in [1.54, 1.807) is 24.3 Å². The zero-order chi connectivity index (χ0) is 15.8. The number of nitrogens with zero attached hydrogens (tertiary/aromatic N) is 1. The van der Waals surface area contributed by atoms with Crippen molar-refractivity contribution in [1.29, 1.82) is 5.26 Å². The molecule has 5 heteroatoms. The lowest BCUT2D eigenvalue weighted by Gasteiger charge is -2.17. The summed E-state index contributed by atoms with van der Waals surface area (Å²) in [6.07, 6.45) is 0.577. The Morgan fingerprint density at radius 1 is 1.33 bits per heavy atom. The second-order valence-corrected chi connectivity index (χ2v) is 5.21. The third kappa shape index (κ3) is 5.27. The number of methoxy groups -OCH3 is 1. The molecule has 0 radical (unpaired) electrons. The highest BCUT2D eigenvalue weighted by Crippen LogP contribution is 2.11. The van der Waals surface area contributed by atoms with Crippen molar-refractivity contribution in [2.75, 3.05) is 7.11 Å². The van der Waals surface area contributed by atoms with Crippen molar-refractivity contribution in [2.24, 2.45) is 5.92 Å². The van der Waals surface area contributed by atoms with Gasteiger partial charge in [-0.3, -0.25) is 4.79 Å². The van der Waals surface area contributed by atoms with Gasteiger partial charge in [0, 0.05) is 12.8 Å². The van der Waals surface area contributed by atoms with E-state index in [2.05, 4.69) is 11.4 Å². The molecular weight excluding hydrogens is 268 g/mol. The summed E-state index contributed by atoms with van der Waals surface area (Å²) in [6, 6.07) is 8.29. The van der Waals surface area contributed by atoms with Crippen molar-refractivity contribution in [1.82, 2.24) is 5.32 Å². The van der Waals surface area contributed by atoms with Gasteiger partial charge in [0.25, 0.3) is 0 Å². The molecule has 1 N–H and O–H groups in total. The van der Waals surface area contributed by atoms with Crippen LogP contribution in [0.1, 0.15) is 31.4 Å². The monoisotopic (exact) mass is 288 g/mol. The number of nitriles is 1. The molecule has 0 saturated carbocycles. The maximum absolute atomic E-state index is 11.8. The number of carbonyl (C=O) groups is 2. The Balaban J connectivity index is 2.86. The van der Waals surface area contributed by atoms with Crippen LogP contribution in [0.4, 0.5) is 0 Å². The Morgan fingerprint density at radius 3 is 2.57 bits per heavy atom. The van der Waals surface area contributed by atoms with E-state index in [9.17, 15) is 9.59 Å². The first kappa shape index (κ1) is 16.7. The summed E-state index contributed by atoms with van der Waals surface area (Å²) < 4.78 is 4.73. The summed E-state index contributed by atoms with van der Waals surface area (Å²) in [5.41, 5.74) is 1.20. The van der Waals surface area contributed by atoms with Crippen LogP contribution >= 0.6 is 0 Å². The third-order valence-corrected chi connectivity index (χ3v) is 2.98. The first-order valence-electron chi connectivity index (χ1n) is 6.83. The summed E-state index contributed by atoms with van der Waals surface area (Å²) in [7, 11) is 1.28. The molecule has 0 bridgehead atoms. The molecule has 1 amide bonds. The Kier molecular flexibility index (Phi) is 6.41. The van der Waals surface area contributed by atoms with Crippen LogP contribution in [-0.4, -0.2) is 25.0 Å². The van der Waals surface area contributed by atoms with Crippen LogP contribution in [-0.2, 0) is 20.7 Å². The van der Waals surface area contributed by atoms with Gasteiger partial charge in [0.05, 0.1) is 18.7 Å². The number of nitrogens with one attached hydrogen (secondary N) is 1. The molecule has 112 valence electrons. The molecule has 0 heterocycles. The number of ether oxygens (including phenoxy) is 1. The molecule has 1 aromatic rings. The minimum absolute atomic E-state index is 0.199. The molecule has 0 aliphatic carbocycles. The molecular formula is C16H20N2O3. The molecule has 0 aliphatic heterocycles. The minimum atomic E-state index is -0.782. The van der Waals surface area contributed by atoms with Gasteiger partial charge >= 0.3 is 5.97 Å². The Bertz CT molecular complexity index is 547. The third-order valence-electron chi connectivity index (χ3n) is 2.98. The highest BCUT2D eigenvalue weighted by molar-refractivity contribution is 5.84. The molecule has 1 atom stereocenters. The van der Waals surface area contributed by atoms with E-state index in [0.717, 1.165) is 0 Å². The van der Waals surface area contributed by atoms with Gasteiger partial charge in [-0.2, -0.15) is 5.26 Å². The van der Waals surface area contributed by atoms with Crippen molar-refractivity contribution < 1.29 is 14.3 Å². The molecule has 0 aromatic heterocycles. The van der Waals surface area contributed by atoms with Crippen LogP contribution in [0, 0.1) is 17.2 Å². The number of esters is 1. The quantitative estimate of drug-likeness (QED) is 0.810. The summed E-state index contributed by atoms with van der Waals surface area (Å²) in [4.78, 5) is 23.7. The molecule has 21 heavy (non-hydrogen) atoms. The number of amides is 1. The first-order chi connectivity index (χ1) is 9.97. The van der Waals surface area contributed by atoms with Crippen molar-refractivity contribution in [3.63, 3.8) is 0 Å².